The number of anilines is 3. The fraction of sp³-hybridized carbons (Fsp3) is 0.233. The molecule has 0 spiro atoms. The number of benzene rings is 3. The number of likely N-dealkylation sites (N-methyl/N-ethyl adjacent to an activating group) is 2. The molecule has 1 aliphatic carbocycles. The van der Waals surface area contributed by atoms with Crippen LogP contribution in [0.15, 0.2) is 121 Å². The van der Waals surface area contributed by atoms with Crippen LogP contribution in [0.1, 0.15) is 44.4 Å². The van der Waals surface area contributed by atoms with Gasteiger partial charge in [-0.1, -0.05) is 54.6 Å². The van der Waals surface area contributed by atoms with Crippen molar-refractivity contribution in [2.24, 2.45) is 0 Å². The normalized spacial score (nSPS) is 12.5. The van der Waals surface area contributed by atoms with E-state index >= 15 is 0 Å². The molecule has 0 aliphatic heterocycles. The Labute approximate surface area is 320 Å². The van der Waals surface area contributed by atoms with Crippen LogP contribution >= 0.6 is 0 Å². The van der Waals surface area contributed by atoms with Crippen molar-refractivity contribution in [3.63, 3.8) is 0 Å². The molecule has 0 unspecified atom stereocenters. The van der Waals surface area contributed by atoms with Gasteiger partial charge in [-0.15, -0.1) is 0 Å². The van der Waals surface area contributed by atoms with Crippen molar-refractivity contribution in [3.8, 4) is 0 Å². The summed E-state index contributed by atoms with van der Waals surface area (Å²) < 4.78 is 1.13. The molecule has 0 N–H and O–H groups in total. The molecule has 0 heterocycles. The van der Waals surface area contributed by atoms with E-state index in [-0.39, 0.29) is 26.2 Å². The number of carbonyl (C=O) groups is 4. The first-order chi connectivity index (χ1) is 26.4. The molecular formula is C43H43N4O8-3. The number of carboxylic acids is 2. The Bertz CT molecular complexity index is 2040. The van der Waals surface area contributed by atoms with Crippen molar-refractivity contribution < 1.29 is 44.2 Å². The van der Waals surface area contributed by atoms with Crippen molar-refractivity contribution in [1.82, 2.24) is 0 Å². The zero-order valence-corrected chi connectivity index (χ0v) is 31.3. The van der Waals surface area contributed by atoms with E-state index in [9.17, 15) is 39.6 Å². The van der Waals surface area contributed by atoms with E-state index in [1.807, 2.05) is 105 Å². The molecule has 0 saturated carbocycles. The van der Waals surface area contributed by atoms with E-state index in [1.54, 1.807) is 47.9 Å². The van der Waals surface area contributed by atoms with Crippen LogP contribution in [0.3, 0.4) is 0 Å². The topological polar surface area (TPSA) is 173 Å². The molecule has 4 rings (SSSR count). The zero-order valence-electron chi connectivity index (χ0n) is 31.3. The lowest BCUT2D eigenvalue weighted by atomic mass is 9.94. The van der Waals surface area contributed by atoms with E-state index in [1.165, 1.54) is 0 Å². The van der Waals surface area contributed by atoms with Crippen LogP contribution in [0.5, 0.6) is 0 Å². The number of hydrogen-bond donors (Lipinski definition) is 0. The summed E-state index contributed by atoms with van der Waals surface area (Å²) in [6, 6.07) is 21.9. The number of carbonyl (C=O) groups excluding carboxylic acids is 4. The van der Waals surface area contributed by atoms with E-state index in [2.05, 4.69) is 0 Å². The Kier molecular flexibility index (Phi) is 14.5. The Morgan fingerprint density at radius 3 is 1.44 bits per heavy atom. The molecule has 0 atom stereocenters. The van der Waals surface area contributed by atoms with Gasteiger partial charge in [0.2, 0.25) is 5.71 Å². The molecule has 286 valence electrons. The predicted octanol–water partition coefficient (Wildman–Crippen LogP) is 2.39. The van der Waals surface area contributed by atoms with Gasteiger partial charge in [-0.3, -0.25) is 0 Å². The van der Waals surface area contributed by atoms with Gasteiger partial charge >= 0.3 is 6.09 Å². The number of aliphatic carboxylic acids is 2. The van der Waals surface area contributed by atoms with Gasteiger partial charge in [0.25, 0.3) is 0 Å². The van der Waals surface area contributed by atoms with E-state index < -0.39 is 24.1 Å². The summed E-state index contributed by atoms with van der Waals surface area (Å²) in [6.45, 7) is 7.98. The van der Waals surface area contributed by atoms with Crippen molar-refractivity contribution >= 4 is 58.0 Å². The van der Waals surface area contributed by atoms with Crippen LogP contribution in [0, 0.1) is 0 Å². The first kappa shape index (κ1) is 41.1. The summed E-state index contributed by atoms with van der Waals surface area (Å²) in [6.07, 6.45) is 10.1. The molecule has 55 heavy (non-hydrogen) atoms. The van der Waals surface area contributed by atoms with Crippen LogP contribution in [0.2, 0.25) is 0 Å². The fourth-order valence-electron chi connectivity index (χ4n) is 6.22. The highest BCUT2D eigenvalue weighted by Crippen LogP contribution is 2.30. The Morgan fingerprint density at radius 1 is 0.600 bits per heavy atom. The lowest BCUT2D eigenvalue weighted by Gasteiger charge is -2.24. The molecule has 2 amide bonds. The number of nitrogens with zero attached hydrogens (tertiary/aromatic N) is 4. The second-order valence-electron chi connectivity index (χ2n) is 12.3. The molecule has 0 bridgehead atoms. The van der Waals surface area contributed by atoms with Crippen molar-refractivity contribution in [1.29, 1.82) is 0 Å². The SMILES string of the molecule is CCN(CC(=O)[O-])c1ccc(C(/C=C/C=C(\c2ccc(N(CC)CC(=O)[O-])cc2)c2ccc(N(CC)C(=O)[O-])cc2)=C2C=CC(=[N+](CC)C(=O)[O-])C=C2)cc1. The third-order valence-electron chi connectivity index (χ3n) is 9.07. The quantitative estimate of drug-likeness (QED) is 0.157. The largest absolute Gasteiger partial charge is 0.548 e. The fourth-order valence-corrected chi connectivity index (χ4v) is 6.22. The van der Waals surface area contributed by atoms with Gasteiger partial charge in [-0.2, -0.15) is 4.58 Å². The van der Waals surface area contributed by atoms with Gasteiger partial charge in [0.15, 0.2) is 0 Å². The minimum Gasteiger partial charge on any atom is -0.548 e. The zero-order chi connectivity index (χ0) is 40.1. The second-order valence-corrected chi connectivity index (χ2v) is 12.3. The van der Waals surface area contributed by atoms with Crippen LogP contribution < -0.4 is 35.1 Å². The molecule has 3 aromatic rings. The number of carboxylic acid groups (broad SMARTS) is 4. The minimum atomic E-state index is -1.31. The number of allylic oxidation sites excluding steroid dienone is 9. The highest BCUT2D eigenvalue weighted by molar-refractivity contribution is 6.05. The first-order valence-electron chi connectivity index (χ1n) is 17.9. The summed E-state index contributed by atoms with van der Waals surface area (Å²) in [5.41, 5.74) is 7.08. The lowest BCUT2D eigenvalue weighted by molar-refractivity contribution is -0.511. The van der Waals surface area contributed by atoms with Gasteiger partial charge in [-0.05, 0) is 110 Å². The molecule has 3 aromatic carbocycles. The summed E-state index contributed by atoms with van der Waals surface area (Å²) >= 11 is 0. The molecular weight excluding hydrogens is 700 g/mol. The third-order valence-corrected chi connectivity index (χ3v) is 9.07. The summed E-state index contributed by atoms with van der Waals surface area (Å²) in [5.74, 6) is -2.37. The highest BCUT2D eigenvalue weighted by atomic mass is 16.4. The van der Waals surface area contributed by atoms with Gasteiger partial charge in [0.1, 0.15) is 12.6 Å². The van der Waals surface area contributed by atoms with Crippen LogP contribution in [0.25, 0.3) is 11.1 Å². The van der Waals surface area contributed by atoms with Gasteiger partial charge in [0.05, 0.1) is 25.0 Å². The van der Waals surface area contributed by atoms with Crippen molar-refractivity contribution in [3.05, 3.63) is 138 Å². The maximum atomic E-state index is 11.7. The summed E-state index contributed by atoms with van der Waals surface area (Å²) in [4.78, 5) is 50.5. The average Bonchev–Trinajstić information content (AvgIpc) is 3.17. The van der Waals surface area contributed by atoms with Crippen LogP contribution in [-0.4, -0.2) is 73.7 Å². The lowest BCUT2D eigenvalue weighted by Crippen LogP contribution is -2.41. The molecule has 0 fully saturated rings. The summed E-state index contributed by atoms with van der Waals surface area (Å²) in [7, 11) is 0. The van der Waals surface area contributed by atoms with Crippen molar-refractivity contribution in [2.45, 2.75) is 27.7 Å². The standard InChI is InChI=1S/C43H46N4O8/c1-5-44(28-40(48)49)34-20-12-30(13-21-34)38(32-16-24-36(25-17-32)46(7-3)42(52)53)10-9-11-39(33-18-26-37(27-19-33)47(8-4)43(54)55)31-14-22-35(23-15-31)45(6-2)29-41(50)51/h9-27H,5-8,28-29H2,1-4H3,(H3-,48,49,50,51,52,53,54,55)/p-3. The molecule has 12 heteroatoms. The number of rotatable bonds is 16. The highest BCUT2D eigenvalue weighted by Gasteiger charge is 2.15. The smallest absolute Gasteiger partial charge is 0.338 e. The summed E-state index contributed by atoms with van der Waals surface area (Å²) in [5, 5.41) is 46.0. The van der Waals surface area contributed by atoms with Crippen LogP contribution in [0.4, 0.5) is 26.7 Å². The van der Waals surface area contributed by atoms with E-state index in [0.29, 0.717) is 35.9 Å². The third kappa shape index (κ3) is 10.7. The molecule has 0 radical (unpaired) electrons. The Balaban J connectivity index is 1.85. The first-order valence-corrected chi connectivity index (χ1v) is 17.9. The molecule has 12 nitrogen and oxygen atoms in total. The predicted molar refractivity (Wildman–Crippen MR) is 206 cm³/mol. The average molecular weight is 744 g/mol. The Morgan fingerprint density at radius 2 is 1.05 bits per heavy atom. The maximum Gasteiger partial charge on any atom is 0.338 e. The van der Waals surface area contributed by atoms with Gasteiger partial charge in [0, 0.05) is 48.8 Å². The van der Waals surface area contributed by atoms with E-state index in [4.69, 9.17) is 0 Å². The van der Waals surface area contributed by atoms with Gasteiger partial charge < -0.3 is 54.3 Å². The number of amides is 2. The number of hydrogen-bond acceptors (Lipinski definition) is 10. The minimum absolute atomic E-state index is 0.214. The van der Waals surface area contributed by atoms with Crippen LogP contribution in [-0.2, 0) is 9.59 Å². The molecule has 0 aromatic heterocycles. The molecule has 1 aliphatic rings. The molecule has 0 saturated heterocycles. The van der Waals surface area contributed by atoms with Crippen molar-refractivity contribution in [2.75, 3.05) is 54.0 Å². The monoisotopic (exact) mass is 743 g/mol. The maximum absolute atomic E-state index is 11.7. The van der Waals surface area contributed by atoms with E-state index in [0.717, 1.165) is 42.9 Å². The second kappa shape index (κ2) is 19.4. The van der Waals surface area contributed by atoms with Gasteiger partial charge in [-0.25, -0.2) is 0 Å². The Hall–Kier alpha value is -6.69.